The van der Waals surface area contributed by atoms with Gasteiger partial charge in [-0.3, -0.25) is 0 Å². The van der Waals surface area contributed by atoms with Gasteiger partial charge in [0, 0.05) is 33.3 Å². The van der Waals surface area contributed by atoms with Crippen LogP contribution >= 0.6 is 0 Å². The Morgan fingerprint density at radius 1 is 0.449 bits per heavy atom. The van der Waals surface area contributed by atoms with Crippen molar-refractivity contribution in [1.29, 1.82) is 0 Å². The minimum Gasteiger partial charge on any atom is -0.469 e. The Hall–Kier alpha value is -5.38. The lowest BCUT2D eigenvalue weighted by molar-refractivity contribution is -0.385. The predicted octanol–water partition coefficient (Wildman–Crippen LogP) is 10.3. The Kier molecular flexibility index (Phi) is 7.17. The third kappa shape index (κ3) is 4.83. The van der Waals surface area contributed by atoms with Crippen LogP contribution < -0.4 is 19.3 Å². The van der Waals surface area contributed by atoms with Gasteiger partial charge < -0.3 is 19.3 Å². The Labute approximate surface area is 277 Å². The number of halogens is 6. The van der Waals surface area contributed by atoms with E-state index in [2.05, 4.69) is 0 Å². The van der Waals surface area contributed by atoms with Crippen LogP contribution in [0.1, 0.15) is 11.1 Å². The normalized spacial score (nSPS) is 18.1. The van der Waals surface area contributed by atoms with Gasteiger partial charge in [0.1, 0.15) is 11.5 Å². The van der Waals surface area contributed by atoms with E-state index in [1.54, 1.807) is 97.1 Å². The summed E-state index contributed by atoms with van der Waals surface area (Å²) < 4.78 is 110. The molecule has 0 bridgehead atoms. The zero-order chi connectivity index (χ0) is 34.0. The van der Waals surface area contributed by atoms with Crippen LogP contribution in [0, 0.1) is 5.41 Å². The van der Waals surface area contributed by atoms with Crippen molar-refractivity contribution in [2.24, 2.45) is 5.41 Å². The van der Waals surface area contributed by atoms with Gasteiger partial charge in [0.2, 0.25) is 12.5 Å². The first kappa shape index (κ1) is 30.9. The lowest BCUT2D eigenvalue weighted by Gasteiger charge is -2.55. The highest BCUT2D eigenvalue weighted by Crippen LogP contribution is 2.61. The van der Waals surface area contributed by atoms with Gasteiger partial charge in [0.25, 0.3) is 5.41 Å². The number of anilines is 2. The van der Waals surface area contributed by atoms with Crippen LogP contribution in [0.2, 0.25) is 0 Å². The number of rotatable bonds is 4. The van der Waals surface area contributed by atoms with E-state index in [0.29, 0.717) is 32.7 Å². The molecule has 0 amide bonds. The number of benzene rings is 6. The fourth-order valence-corrected chi connectivity index (χ4v) is 7.26. The SMILES string of the molecule is FC(F)(F)C(C1Oc2ccccc2CN1c1cccc2ccccc12)(C1Oc2ccccc2CN1c1cccc2ccccc12)C(F)(F)F. The first-order valence-electron chi connectivity index (χ1n) is 15.7. The minimum absolute atomic E-state index is 0.0604. The van der Waals surface area contributed by atoms with Crippen molar-refractivity contribution >= 4 is 32.9 Å². The molecule has 10 heteroatoms. The molecule has 2 heterocycles. The molecule has 2 atom stereocenters. The minimum atomic E-state index is -5.94. The van der Waals surface area contributed by atoms with Gasteiger partial charge in [-0.15, -0.1) is 0 Å². The quantitative estimate of drug-likeness (QED) is 0.174. The molecule has 6 aromatic rings. The van der Waals surface area contributed by atoms with Crippen LogP contribution in [-0.2, 0) is 13.1 Å². The van der Waals surface area contributed by atoms with Crippen molar-refractivity contribution in [3.8, 4) is 11.5 Å². The Bertz CT molecular complexity index is 2020. The zero-order valence-electron chi connectivity index (χ0n) is 25.7. The fourth-order valence-electron chi connectivity index (χ4n) is 7.26. The van der Waals surface area contributed by atoms with Crippen LogP contribution in [0.5, 0.6) is 11.5 Å². The molecule has 0 radical (unpaired) electrons. The molecule has 0 spiro atoms. The van der Waals surface area contributed by atoms with Gasteiger partial charge in [0.15, 0.2) is 0 Å². The fraction of sp³-hybridized carbons (Fsp3) is 0.179. The van der Waals surface area contributed by atoms with Crippen LogP contribution in [0.3, 0.4) is 0 Å². The third-order valence-electron chi connectivity index (χ3n) is 9.54. The number of fused-ring (bicyclic) bond motifs is 4. The van der Waals surface area contributed by atoms with E-state index in [-0.39, 0.29) is 36.0 Å². The first-order chi connectivity index (χ1) is 23.6. The number of para-hydroxylation sites is 2. The molecule has 0 aliphatic carbocycles. The molecule has 2 aliphatic rings. The lowest BCUT2D eigenvalue weighted by atomic mass is 9.78. The number of alkyl halides is 6. The third-order valence-corrected chi connectivity index (χ3v) is 9.54. The standard InChI is InChI=1S/C39H28F6N2O2/c40-38(41,42)37(39(43,44)45,35-46(23-27-13-3-7-21-33(27)48-35)31-19-9-15-25-11-1-5-17-29(25)31)36-47(24-28-14-4-8-22-34(28)49-36)32-20-10-16-26-12-2-6-18-30(26)32/h1-22,35-36H,23-24H2. The lowest BCUT2D eigenvalue weighted by Crippen LogP contribution is -2.75. The monoisotopic (exact) mass is 670 g/mol. The van der Waals surface area contributed by atoms with Crippen LogP contribution in [0.4, 0.5) is 37.7 Å². The van der Waals surface area contributed by atoms with Crippen LogP contribution in [0.25, 0.3) is 21.5 Å². The average molecular weight is 671 g/mol. The maximum absolute atomic E-state index is 16.3. The first-order valence-corrected chi connectivity index (χ1v) is 15.7. The summed E-state index contributed by atoms with van der Waals surface area (Å²) in [6.45, 7) is -0.555. The molecule has 2 unspecified atom stereocenters. The summed E-state index contributed by atoms with van der Waals surface area (Å²) in [5.74, 6) is -0.121. The number of hydrogen-bond acceptors (Lipinski definition) is 4. The molecule has 0 N–H and O–H groups in total. The highest BCUT2D eigenvalue weighted by Gasteiger charge is 2.83. The summed E-state index contributed by atoms with van der Waals surface area (Å²) in [7, 11) is 0. The molecule has 8 rings (SSSR count). The van der Waals surface area contributed by atoms with E-state index in [9.17, 15) is 0 Å². The van der Waals surface area contributed by atoms with Crippen molar-refractivity contribution in [1.82, 2.24) is 0 Å². The van der Waals surface area contributed by atoms with Gasteiger partial charge in [-0.05, 0) is 35.0 Å². The molecular weight excluding hydrogens is 642 g/mol. The largest absolute Gasteiger partial charge is 0.469 e. The highest BCUT2D eigenvalue weighted by molar-refractivity contribution is 5.95. The second-order valence-electron chi connectivity index (χ2n) is 12.3. The second kappa shape index (κ2) is 11.4. The van der Waals surface area contributed by atoms with Gasteiger partial charge in [-0.1, -0.05) is 109 Å². The summed E-state index contributed by atoms with van der Waals surface area (Å²) in [5.41, 5.74) is -3.38. The van der Waals surface area contributed by atoms with Crippen LogP contribution in [0.15, 0.2) is 133 Å². The Balaban J connectivity index is 1.43. The topological polar surface area (TPSA) is 24.9 Å². The highest BCUT2D eigenvalue weighted by atomic mass is 19.4. The molecule has 0 fully saturated rings. The summed E-state index contributed by atoms with van der Waals surface area (Å²) in [4.78, 5) is 2.19. The molecule has 0 aromatic heterocycles. The molecule has 248 valence electrons. The van der Waals surface area contributed by atoms with Crippen molar-refractivity contribution in [2.75, 3.05) is 9.80 Å². The second-order valence-corrected chi connectivity index (χ2v) is 12.3. The number of nitrogens with zero attached hydrogens (tertiary/aromatic N) is 2. The summed E-state index contributed by atoms with van der Waals surface area (Å²) in [5, 5.41) is 2.28. The smallest absolute Gasteiger partial charge is 0.414 e. The van der Waals surface area contributed by atoms with Gasteiger partial charge in [-0.2, -0.15) is 26.3 Å². The van der Waals surface area contributed by atoms with Crippen molar-refractivity contribution in [2.45, 2.75) is 37.9 Å². The predicted molar refractivity (Wildman–Crippen MR) is 177 cm³/mol. The van der Waals surface area contributed by atoms with E-state index < -0.39 is 30.2 Å². The molecule has 0 saturated carbocycles. The summed E-state index contributed by atoms with van der Waals surface area (Å²) >= 11 is 0. The maximum Gasteiger partial charge on any atom is 0.414 e. The molecule has 4 nitrogen and oxygen atoms in total. The van der Waals surface area contributed by atoms with E-state index >= 15 is 26.3 Å². The van der Waals surface area contributed by atoms with Crippen LogP contribution in [-0.4, -0.2) is 24.8 Å². The Morgan fingerprint density at radius 3 is 1.24 bits per heavy atom. The number of ether oxygens (including phenoxy) is 2. The Morgan fingerprint density at radius 2 is 0.816 bits per heavy atom. The van der Waals surface area contributed by atoms with Gasteiger partial charge in [-0.25, -0.2) is 0 Å². The summed E-state index contributed by atoms with van der Waals surface area (Å²) in [6.07, 6.45) is -17.2. The molecular formula is C39H28F6N2O2. The molecule has 0 saturated heterocycles. The zero-order valence-corrected chi connectivity index (χ0v) is 25.7. The van der Waals surface area contributed by atoms with E-state index in [1.807, 2.05) is 0 Å². The van der Waals surface area contributed by atoms with Gasteiger partial charge in [0.05, 0.1) is 13.1 Å². The molecule has 2 aliphatic heterocycles. The van der Waals surface area contributed by atoms with E-state index in [4.69, 9.17) is 9.47 Å². The molecule has 49 heavy (non-hydrogen) atoms. The van der Waals surface area contributed by atoms with E-state index in [0.717, 1.165) is 9.80 Å². The number of hydrogen-bond donors (Lipinski definition) is 0. The van der Waals surface area contributed by atoms with Crippen molar-refractivity contribution < 1.29 is 35.8 Å². The van der Waals surface area contributed by atoms with Crippen molar-refractivity contribution in [3.05, 3.63) is 145 Å². The maximum atomic E-state index is 16.3. The van der Waals surface area contributed by atoms with E-state index in [1.165, 1.54) is 36.4 Å². The average Bonchev–Trinajstić information content (AvgIpc) is 3.09. The van der Waals surface area contributed by atoms with Gasteiger partial charge >= 0.3 is 12.4 Å². The summed E-state index contributed by atoms with van der Waals surface area (Å²) in [6, 6.07) is 36.1. The van der Waals surface area contributed by atoms with Crippen molar-refractivity contribution in [3.63, 3.8) is 0 Å². The molecule has 6 aromatic carbocycles.